The standard InChI is InChI=1S/C57H35N5S/c1-4-15-36(16-5-1)55-58-56(37-17-6-2-7-18-37)60-57(59-55)40-27-29-45-48-34-39(28-32-51(48)63-52(45)35-40)38-19-14-22-42(33-38)62-50-26-13-11-24-44(50)47-31-30-46-43-23-10-12-25-49(43)61(53(46)54(47)62)41-20-8-3-9-21-41/h1-35H. The Morgan fingerprint density at radius 3 is 1.40 bits per heavy atom. The summed E-state index contributed by atoms with van der Waals surface area (Å²) in [5, 5.41) is 7.41. The smallest absolute Gasteiger partial charge is 0.164 e. The van der Waals surface area contributed by atoms with Crippen LogP contribution >= 0.6 is 11.3 Å². The maximum Gasteiger partial charge on any atom is 0.164 e. The topological polar surface area (TPSA) is 48.5 Å². The highest BCUT2D eigenvalue weighted by Crippen LogP contribution is 2.43. The Kier molecular flexibility index (Phi) is 8.01. The number of hydrogen-bond donors (Lipinski definition) is 0. The van der Waals surface area contributed by atoms with Gasteiger partial charge in [-0.1, -0.05) is 158 Å². The second-order valence-electron chi connectivity index (χ2n) is 16.0. The lowest BCUT2D eigenvalue weighted by Crippen LogP contribution is -1.99. The van der Waals surface area contributed by atoms with E-state index in [9.17, 15) is 0 Å². The average molecular weight is 822 g/mol. The fourth-order valence-corrected chi connectivity index (χ4v) is 10.6. The fraction of sp³-hybridized carbons (Fsp3) is 0. The quantitative estimate of drug-likeness (QED) is 0.168. The molecular weight excluding hydrogens is 787 g/mol. The molecule has 0 radical (unpaired) electrons. The van der Waals surface area contributed by atoms with E-state index in [1.54, 1.807) is 11.3 Å². The third-order valence-corrected chi connectivity index (χ3v) is 13.5. The van der Waals surface area contributed by atoms with E-state index in [0.717, 1.165) is 28.1 Å². The Morgan fingerprint density at radius 2 is 0.762 bits per heavy atom. The van der Waals surface area contributed by atoms with Crippen LogP contribution in [0.4, 0.5) is 0 Å². The number of thiophene rings is 1. The molecule has 0 aliphatic rings. The minimum atomic E-state index is 0.658. The summed E-state index contributed by atoms with van der Waals surface area (Å²) in [6.07, 6.45) is 0. The molecule has 0 spiro atoms. The van der Waals surface area contributed by atoms with Crippen LogP contribution in [0.15, 0.2) is 212 Å². The number of nitrogens with zero attached hydrogens (tertiary/aromatic N) is 5. The van der Waals surface area contributed by atoms with Gasteiger partial charge in [0.05, 0.1) is 22.1 Å². The van der Waals surface area contributed by atoms with Crippen molar-refractivity contribution in [1.82, 2.24) is 24.1 Å². The third kappa shape index (κ3) is 5.73. The largest absolute Gasteiger partial charge is 0.307 e. The van der Waals surface area contributed by atoms with Crippen LogP contribution in [0.5, 0.6) is 0 Å². The number of aromatic nitrogens is 5. The second-order valence-corrected chi connectivity index (χ2v) is 17.1. The summed E-state index contributed by atoms with van der Waals surface area (Å²) in [6, 6.07) is 75.8. The summed E-state index contributed by atoms with van der Waals surface area (Å²) >= 11 is 1.80. The van der Waals surface area contributed by atoms with Gasteiger partial charge in [-0.25, -0.2) is 15.0 Å². The molecule has 4 aromatic heterocycles. The third-order valence-electron chi connectivity index (χ3n) is 12.3. The number of hydrogen-bond acceptors (Lipinski definition) is 4. The Morgan fingerprint density at radius 1 is 0.286 bits per heavy atom. The van der Waals surface area contributed by atoms with E-state index < -0.39 is 0 Å². The Labute approximate surface area is 366 Å². The van der Waals surface area contributed by atoms with Gasteiger partial charge in [-0.3, -0.25) is 0 Å². The first-order valence-electron chi connectivity index (χ1n) is 21.2. The van der Waals surface area contributed by atoms with E-state index in [1.807, 2.05) is 60.7 Å². The SMILES string of the molecule is c1ccc(-c2nc(-c3ccccc3)nc(-c3ccc4c(c3)sc3ccc(-c5cccc(-n6c7ccccc7c7ccc8c9ccccc9n(-c9ccccc9)c8c76)c5)cc34)n2)cc1. The van der Waals surface area contributed by atoms with Gasteiger partial charge in [0, 0.05) is 69.8 Å². The summed E-state index contributed by atoms with van der Waals surface area (Å²) in [4.78, 5) is 14.9. The molecule has 13 rings (SSSR count). The maximum absolute atomic E-state index is 5.01. The molecule has 0 aliphatic carbocycles. The van der Waals surface area contributed by atoms with E-state index in [-0.39, 0.29) is 0 Å². The van der Waals surface area contributed by atoms with Crippen LogP contribution in [0, 0.1) is 0 Å². The summed E-state index contributed by atoms with van der Waals surface area (Å²) < 4.78 is 7.35. The number of para-hydroxylation sites is 3. The van der Waals surface area contributed by atoms with Crippen molar-refractivity contribution >= 4 is 75.1 Å². The number of benzene rings is 9. The first-order valence-corrected chi connectivity index (χ1v) is 22.0. The van der Waals surface area contributed by atoms with Crippen molar-refractivity contribution in [2.45, 2.75) is 0 Å². The molecule has 0 bridgehead atoms. The van der Waals surface area contributed by atoms with E-state index in [1.165, 1.54) is 74.9 Å². The van der Waals surface area contributed by atoms with Gasteiger partial charge in [0.25, 0.3) is 0 Å². The van der Waals surface area contributed by atoms with Gasteiger partial charge in [-0.05, 0) is 65.7 Å². The molecule has 13 aromatic rings. The summed E-state index contributed by atoms with van der Waals surface area (Å²) in [5.41, 5.74) is 12.3. The van der Waals surface area contributed by atoms with Crippen LogP contribution in [0.3, 0.4) is 0 Å². The number of rotatable bonds is 6. The minimum absolute atomic E-state index is 0.658. The van der Waals surface area contributed by atoms with E-state index in [0.29, 0.717) is 17.5 Å². The fourth-order valence-electron chi connectivity index (χ4n) is 9.47. The van der Waals surface area contributed by atoms with Crippen LogP contribution in [0.2, 0.25) is 0 Å². The predicted octanol–water partition coefficient (Wildman–Crippen LogP) is 15.1. The minimum Gasteiger partial charge on any atom is -0.307 e. The van der Waals surface area contributed by atoms with Crippen molar-refractivity contribution in [2.24, 2.45) is 0 Å². The normalized spacial score (nSPS) is 11.8. The average Bonchev–Trinajstić information content (AvgIpc) is 4.02. The van der Waals surface area contributed by atoms with Gasteiger partial charge >= 0.3 is 0 Å². The van der Waals surface area contributed by atoms with E-state index in [2.05, 4.69) is 161 Å². The maximum atomic E-state index is 5.01. The van der Waals surface area contributed by atoms with Crippen molar-refractivity contribution in [1.29, 1.82) is 0 Å². The van der Waals surface area contributed by atoms with Gasteiger partial charge in [0.15, 0.2) is 17.5 Å². The lowest BCUT2D eigenvalue weighted by molar-refractivity contribution is 1.07. The second kappa shape index (κ2) is 14.2. The Hall–Kier alpha value is -8.19. The molecule has 4 heterocycles. The zero-order valence-corrected chi connectivity index (χ0v) is 34.7. The molecule has 63 heavy (non-hydrogen) atoms. The molecule has 0 amide bonds. The molecule has 0 saturated carbocycles. The summed E-state index contributed by atoms with van der Waals surface area (Å²) in [5.74, 6) is 1.98. The van der Waals surface area contributed by atoms with Gasteiger partial charge in [-0.15, -0.1) is 11.3 Å². The van der Waals surface area contributed by atoms with Gasteiger partial charge in [-0.2, -0.15) is 0 Å². The van der Waals surface area contributed by atoms with Gasteiger partial charge in [0.2, 0.25) is 0 Å². The molecule has 5 nitrogen and oxygen atoms in total. The van der Waals surface area contributed by atoms with Crippen LogP contribution in [-0.2, 0) is 0 Å². The van der Waals surface area contributed by atoms with Crippen molar-refractivity contribution in [3.05, 3.63) is 212 Å². The van der Waals surface area contributed by atoms with Crippen LogP contribution in [0.1, 0.15) is 0 Å². The van der Waals surface area contributed by atoms with Crippen molar-refractivity contribution < 1.29 is 0 Å². The molecule has 6 heteroatoms. The summed E-state index contributed by atoms with van der Waals surface area (Å²) in [7, 11) is 0. The molecule has 0 saturated heterocycles. The lowest BCUT2D eigenvalue weighted by atomic mass is 10.0. The molecule has 0 aliphatic heterocycles. The highest BCUT2D eigenvalue weighted by atomic mass is 32.1. The van der Waals surface area contributed by atoms with Crippen molar-refractivity contribution in [2.75, 3.05) is 0 Å². The predicted molar refractivity (Wildman–Crippen MR) is 263 cm³/mol. The van der Waals surface area contributed by atoms with E-state index in [4.69, 9.17) is 15.0 Å². The molecule has 0 fully saturated rings. The van der Waals surface area contributed by atoms with E-state index >= 15 is 0 Å². The molecule has 9 aromatic carbocycles. The molecule has 0 unspecified atom stereocenters. The van der Waals surface area contributed by atoms with Crippen LogP contribution in [0.25, 0.3) is 120 Å². The molecule has 294 valence electrons. The first-order chi connectivity index (χ1) is 31.2. The highest BCUT2D eigenvalue weighted by Gasteiger charge is 2.22. The zero-order chi connectivity index (χ0) is 41.4. The van der Waals surface area contributed by atoms with Crippen molar-refractivity contribution in [3.63, 3.8) is 0 Å². The Bertz CT molecular complexity index is 3850. The highest BCUT2D eigenvalue weighted by molar-refractivity contribution is 7.25. The monoisotopic (exact) mass is 821 g/mol. The first kappa shape index (κ1) is 35.6. The molecule has 0 atom stereocenters. The summed E-state index contributed by atoms with van der Waals surface area (Å²) in [6.45, 7) is 0. The lowest BCUT2D eigenvalue weighted by Gasteiger charge is -2.13. The molecular formula is C57H35N5S. The van der Waals surface area contributed by atoms with Crippen molar-refractivity contribution in [3.8, 4) is 56.7 Å². The number of fused-ring (bicyclic) bond motifs is 10. The Balaban J connectivity index is 0.953. The van der Waals surface area contributed by atoms with Crippen LogP contribution < -0.4 is 0 Å². The zero-order valence-electron chi connectivity index (χ0n) is 33.9. The molecule has 0 N–H and O–H groups in total. The van der Waals surface area contributed by atoms with Gasteiger partial charge < -0.3 is 9.13 Å². The van der Waals surface area contributed by atoms with Crippen LogP contribution in [-0.4, -0.2) is 24.1 Å². The van der Waals surface area contributed by atoms with Gasteiger partial charge in [0.1, 0.15) is 0 Å².